The Morgan fingerprint density at radius 2 is 1.50 bits per heavy atom. The van der Waals surface area contributed by atoms with Gasteiger partial charge in [0.2, 0.25) is 0 Å². The van der Waals surface area contributed by atoms with Gasteiger partial charge in [0, 0.05) is 32.2 Å². The van der Waals surface area contributed by atoms with Crippen molar-refractivity contribution >= 4 is 10.2 Å². The summed E-state index contributed by atoms with van der Waals surface area (Å²) >= 11 is 0. The molecule has 0 radical (unpaired) electrons. The van der Waals surface area contributed by atoms with E-state index in [4.69, 9.17) is 10.5 Å². The van der Waals surface area contributed by atoms with Gasteiger partial charge in [-0.1, -0.05) is 6.92 Å². The zero-order valence-electron chi connectivity index (χ0n) is 11.2. The topological polar surface area (TPSA) is 75.9 Å². The van der Waals surface area contributed by atoms with Crippen LogP contribution < -0.4 is 5.73 Å². The molecule has 4 unspecified atom stereocenters. The van der Waals surface area contributed by atoms with Crippen molar-refractivity contribution in [2.24, 2.45) is 11.7 Å². The van der Waals surface area contributed by atoms with Crippen molar-refractivity contribution in [2.45, 2.75) is 39.0 Å². The van der Waals surface area contributed by atoms with Gasteiger partial charge in [0.05, 0.1) is 12.2 Å². The smallest absolute Gasteiger partial charge is 0.282 e. The van der Waals surface area contributed by atoms with Crippen LogP contribution in [0.15, 0.2) is 0 Å². The molecule has 18 heavy (non-hydrogen) atoms. The summed E-state index contributed by atoms with van der Waals surface area (Å²) in [5, 5.41) is 0. The molecule has 0 bridgehead atoms. The van der Waals surface area contributed by atoms with Crippen LogP contribution in [0.5, 0.6) is 0 Å². The largest absolute Gasteiger partial charge is 0.373 e. The molecule has 0 aromatic carbocycles. The minimum atomic E-state index is -3.39. The first-order valence-electron chi connectivity index (χ1n) is 6.47. The highest BCUT2D eigenvalue weighted by atomic mass is 32.2. The molecule has 106 valence electrons. The van der Waals surface area contributed by atoms with Crippen LogP contribution in [0.4, 0.5) is 0 Å². The van der Waals surface area contributed by atoms with Gasteiger partial charge in [0.1, 0.15) is 0 Å². The first kappa shape index (κ1) is 14.2. The predicted molar refractivity (Wildman–Crippen MR) is 69.2 cm³/mol. The highest BCUT2D eigenvalue weighted by Gasteiger charge is 2.40. The third-order valence-electron chi connectivity index (χ3n) is 3.68. The van der Waals surface area contributed by atoms with E-state index in [1.807, 2.05) is 20.8 Å². The van der Waals surface area contributed by atoms with E-state index in [1.165, 1.54) is 8.61 Å². The Balaban J connectivity index is 2.11. The lowest BCUT2D eigenvalue weighted by Gasteiger charge is -2.36. The molecule has 0 aromatic heterocycles. The Hall–Kier alpha value is -0.210. The van der Waals surface area contributed by atoms with Crippen molar-refractivity contribution in [3.05, 3.63) is 0 Å². The molecule has 7 heteroatoms. The van der Waals surface area contributed by atoms with Crippen molar-refractivity contribution in [1.82, 2.24) is 8.61 Å². The summed E-state index contributed by atoms with van der Waals surface area (Å²) in [5.74, 6) is 0.218. The number of hydrogen-bond acceptors (Lipinski definition) is 4. The zero-order valence-corrected chi connectivity index (χ0v) is 12.1. The molecular formula is C11H23N3O3S. The molecule has 0 spiro atoms. The highest BCUT2D eigenvalue weighted by Crippen LogP contribution is 2.23. The van der Waals surface area contributed by atoms with Crippen molar-refractivity contribution < 1.29 is 13.2 Å². The second-order valence-electron chi connectivity index (χ2n) is 5.54. The van der Waals surface area contributed by atoms with Crippen LogP contribution in [-0.4, -0.2) is 61.5 Å². The summed E-state index contributed by atoms with van der Waals surface area (Å²) in [4.78, 5) is 0. The molecule has 6 nitrogen and oxygen atoms in total. The van der Waals surface area contributed by atoms with Crippen LogP contribution >= 0.6 is 0 Å². The van der Waals surface area contributed by atoms with E-state index < -0.39 is 10.2 Å². The first-order valence-corrected chi connectivity index (χ1v) is 7.86. The maximum absolute atomic E-state index is 12.5. The maximum Gasteiger partial charge on any atom is 0.282 e. The number of nitrogens with two attached hydrogens (primary N) is 1. The van der Waals surface area contributed by atoms with Crippen LogP contribution in [0.2, 0.25) is 0 Å². The average Bonchev–Trinajstić information content (AvgIpc) is 2.58. The highest BCUT2D eigenvalue weighted by molar-refractivity contribution is 7.86. The van der Waals surface area contributed by atoms with Crippen molar-refractivity contribution in [3.63, 3.8) is 0 Å². The molecule has 0 amide bonds. The summed E-state index contributed by atoms with van der Waals surface area (Å²) in [7, 11) is -3.39. The van der Waals surface area contributed by atoms with Gasteiger partial charge in [-0.15, -0.1) is 0 Å². The standard InChI is InChI=1S/C11H23N3O3S/c1-8-4-13(7-11(8)12)18(15,16)14-5-9(2)17-10(3)6-14/h8-11H,4-7,12H2,1-3H3. The van der Waals surface area contributed by atoms with E-state index >= 15 is 0 Å². The number of hydrogen-bond donors (Lipinski definition) is 1. The van der Waals surface area contributed by atoms with Crippen LogP contribution in [0.1, 0.15) is 20.8 Å². The van der Waals surface area contributed by atoms with Gasteiger partial charge in [-0.2, -0.15) is 17.0 Å². The van der Waals surface area contributed by atoms with Gasteiger partial charge in [-0.05, 0) is 19.8 Å². The van der Waals surface area contributed by atoms with Gasteiger partial charge in [-0.3, -0.25) is 0 Å². The SMILES string of the molecule is CC1CN(S(=O)(=O)N2CC(C)C(N)C2)CC(C)O1. The summed E-state index contributed by atoms with van der Waals surface area (Å²) in [6.07, 6.45) is -0.116. The summed E-state index contributed by atoms with van der Waals surface area (Å²) in [6.45, 7) is 7.57. The van der Waals surface area contributed by atoms with Gasteiger partial charge in [0.15, 0.2) is 0 Å². The Bertz CT molecular complexity index is 380. The number of rotatable bonds is 2. The molecule has 2 fully saturated rings. The normalized spacial score (nSPS) is 40.2. The molecule has 2 rings (SSSR count). The minimum absolute atomic E-state index is 0.0581. The van der Waals surface area contributed by atoms with Crippen LogP contribution in [0, 0.1) is 5.92 Å². The summed E-state index contributed by atoms with van der Waals surface area (Å²) in [5.41, 5.74) is 5.90. The number of ether oxygens (including phenoxy) is 1. The van der Waals surface area contributed by atoms with Gasteiger partial charge in [0.25, 0.3) is 10.2 Å². The molecule has 2 N–H and O–H groups in total. The first-order chi connectivity index (χ1) is 8.30. The van der Waals surface area contributed by atoms with Crippen molar-refractivity contribution in [3.8, 4) is 0 Å². The van der Waals surface area contributed by atoms with Gasteiger partial charge < -0.3 is 10.5 Å². The second kappa shape index (κ2) is 5.05. The van der Waals surface area contributed by atoms with E-state index in [-0.39, 0.29) is 24.2 Å². The Morgan fingerprint density at radius 3 is 1.94 bits per heavy atom. The van der Waals surface area contributed by atoms with Crippen molar-refractivity contribution in [1.29, 1.82) is 0 Å². The summed E-state index contributed by atoms with van der Waals surface area (Å²) < 4.78 is 33.6. The number of nitrogens with zero attached hydrogens (tertiary/aromatic N) is 2. The molecular weight excluding hydrogens is 254 g/mol. The van der Waals surface area contributed by atoms with Crippen LogP contribution in [0.25, 0.3) is 0 Å². The summed E-state index contributed by atoms with van der Waals surface area (Å²) in [6, 6.07) is -0.0596. The molecule has 4 atom stereocenters. The minimum Gasteiger partial charge on any atom is -0.373 e. The maximum atomic E-state index is 12.5. The number of morpholine rings is 1. The molecule has 0 aromatic rings. The Labute approximate surface area is 109 Å². The lowest BCUT2D eigenvalue weighted by Crippen LogP contribution is -2.52. The fourth-order valence-electron chi connectivity index (χ4n) is 2.62. The fourth-order valence-corrected chi connectivity index (χ4v) is 4.52. The molecule has 0 saturated carbocycles. The zero-order chi connectivity index (χ0) is 13.5. The average molecular weight is 277 g/mol. The van der Waals surface area contributed by atoms with E-state index in [0.717, 1.165) is 0 Å². The van der Waals surface area contributed by atoms with Gasteiger partial charge >= 0.3 is 0 Å². The molecule has 2 aliphatic rings. The molecule has 0 aliphatic carbocycles. The van der Waals surface area contributed by atoms with E-state index in [1.54, 1.807) is 0 Å². The fraction of sp³-hybridized carbons (Fsp3) is 1.00. The van der Waals surface area contributed by atoms with Crippen molar-refractivity contribution in [2.75, 3.05) is 26.2 Å². The quantitative estimate of drug-likeness (QED) is 0.746. The van der Waals surface area contributed by atoms with Gasteiger partial charge in [-0.25, -0.2) is 0 Å². The molecule has 2 aliphatic heterocycles. The molecule has 2 saturated heterocycles. The second-order valence-corrected chi connectivity index (χ2v) is 7.47. The third-order valence-corrected chi connectivity index (χ3v) is 5.58. The Kier molecular flexibility index (Phi) is 3.99. The lowest BCUT2D eigenvalue weighted by atomic mass is 10.1. The van der Waals surface area contributed by atoms with E-state index in [0.29, 0.717) is 26.2 Å². The van der Waals surface area contributed by atoms with Crippen LogP contribution in [-0.2, 0) is 14.9 Å². The third kappa shape index (κ3) is 2.70. The monoisotopic (exact) mass is 277 g/mol. The molecule has 2 heterocycles. The van der Waals surface area contributed by atoms with E-state index in [2.05, 4.69) is 0 Å². The van der Waals surface area contributed by atoms with Crippen LogP contribution in [0.3, 0.4) is 0 Å². The predicted octanol–water partition coefficient (Wildman–Crippen LogP) is -0.381. The lowest BCUT2D eigenvalue weighted by molar-refractivity contribution is -0.0453. The Morgan fingerprint density at radius 1 is 1.00 bits per heavy atom. The van der Waals surface area contributed by atoms with E-state index in [9.17, 15) is 8.42 Å².